The molecule has 4 bridgehead atoms. The summed E-state index contributed by atoms with van der Waals surface area (Å²) in [4.78, 5) is 48.5. The summed E-state index contributed by atoms with van der Waals surface area (Å²) in [5.41, 5.74) is 6.67. The molecule has 8 rings (SSSR count). The topological polar surface area (TPSA) is 105 Å². The number of fused-ring (bicyclic) bond motifs is 4. The van der Waals surface area contributed by atoms with Crippen molar-refractivity contribution in [1.29, 1.82) is 0 Å². The van der Waals surface area contributed by atoms with Crippen LogP contribution in [0.1, 0.15) is 134 Å². The molecule has 390 valence electrons. The maximum atomic E-state index is 12.7. The van der Waals surface area contributed by atoms with Gasteiger partial charge in [0.15, 0.2) is 0 Å². The Morgan fingerprint density at radius 2 is 0.851 bits per heavy atom. The summed E-state index contributed by atoms with van der Waals surface area (Å²) in [6.45, 7) is 10.3. The monoisotopic (exact) mass is 1070 g/mol. The van der Waals surface area contributed by atoms with Crippen molar-refractivity contribution in [3.63, 3.8) is 0 Å². The summed E-state index contributed by atoms with van der Waals surface area (Å²) in [5, 5.41) is 0. The van der Waals surface area contributed by atoms with Crippen molar-refractivity contribution in [1.82, 2.24) is 0 Å². The molecule has 2 fully saturated rings. The summed E-state index contributed by atoms with van der Waals surface area (Å²) in [6, 6.07) is 37.4. The molecule has 0 N–H and O–H groups in total. The highest BCUT2D eigenvalue weighted by Crippen LogP contribution is 2.71. The maximum Gasteiger partial charge on any atom is 0.338 e. The first-order valence-electron chi connectivity index (χ1n) is 26.2. The highest BCUT2D eigenvalue weighted by Gasteiger charge is 2.58. The third kappa shape index (κ3) is 13.7. The minimum Gasteiger partial charge on any atom is -0.459 e. The lowest BCUT2D eigenvalue weighted by Crippen LogP contribution is -2.25. The Hall–Kier alpha value is -4.88. The molecule has 0 amide bonds. The van der Waals surface area contributed by atoms with Gasteiger partial charge in [-0.15, -0.1) is 47.0 Å². The minimum absolute atomic E-state index is 0.00407. The minimum atomic E-state index is -0.494. The Labute approximate surface area is 455 Å². The average Bonchev–Trinajstić information content (AvgIpc) is 4.22. The number of carbonyl (C=O) groups excluding carboxylic acids is 4. The third-order valence-electron chi connectivity index (χ3n) is 14.5. The molecular formula is C62H70O8S4. The second-order valence-corrected chi connectivity index (χ2v) is 26.4. The van der Waals surface area contributed by atoms with Crippen LogP contribution in [0.25, 0.3) is 0 Å². The van der Waals surface area contributed by atoms with E-state index in [0.717, 1.165) is 11.5 Å². The van der Waals surface area contributed by atoms with Crippen molar-refractivity contribution in [3.8, 4) is 0 Å². The summed E-state index contributed by atoms with van der Waals surface area (Å²) in [7, 11) is 0. The number of ether oxygens (including phenoxy) is 4. The number of benzene rings is 4. The Bertz CT molecular complexity index is 2470. The van der Waals surface area contributed by atoms with Crippen molar-refractivity contribution in [2.75, 3.05) is 26.4 Å². The fourth-order valence-electron chi connectivity index (χ4n) is 10.5. The first-order chi connectivity index (χ1) is 35.8. The van der Waals surface area contributed by atoms with E-state index < -0.39 is 23.9 Å². The van der Waals surface area contributed by atoms with Crippen molar-refractivity contribution < 1.29 is 38.1 Å². The Morgan fingerprint density at radius 1 is 0.500 bits per heavy atom. The molecule has 2 aliphatic heterocycles. The third-order valence-corrected chi connectivity index (χ3v) is 22.1. The second kappa shape index (κ2) is 25.8. The SMILES string of the molecule is C=C(C)C(=O)OCCOC(=O)c1ccc(CSC2(c3ccccc3)SC3(CCCCCCCCCCC45C=CC(C4)C(SCc4ccc(C(=O)OCCOC(=O)C(=C)C)cc4)(c4ccccc4)S5)C=CC2C3)cc1. The van der Waals surface area contributed by atoms with E-state index in [4.69, 9.17) is 18.9 Å². The van der Waals surface area contributed by atoms with Crippen molar-refractivity contribution in [2.45, 2.75) is 120 Å². The molecule has 8 nitrogen and oxygen atoms in total. The molecule has 6 unspecified atom stereocenters. The summed E-state index contributed by atoms with van der Waals surface area (Å²) >= 11 is 8.39. The van der Waals surface area contributed by atoms with Crippen LogP contribution in [0.15, 0.2) is 158 Å². The van der Waals surface area contributed by atoms with E-state index in [1.165, 1.54) is 99.3 Å². The molecule has 4 aliphatic rings. The molecule has 0 saturated carbocycles. The van der Waals surface area contributed by atoms with Gasteiger partial charge in [-0.2, -0.15) is 0 Å². The van der Waals surface area contributed by atoms with E-state index in [9.17, 15) is 19.2 Å². The summed E-state index contributed by atoms with van der Waals surface area (Å²) < 4.78 is 20.9. The van der Waals surface area contributed by atoms with E-state index in [1.54, 1.807) is 13.8 Å². The highest BCUT2D eigenvalue weighted by molar-refractivity contribution is 8.18. The zero-order chi connectivity index (χ0) is 52.0. The standard InChI is InChI=1S/C62H70O8S4/c1-45(2)55(63)67-37-39-69-57(65)49-27-23-47(24-28-49)43-71-61(51-19-13-11-14-20-51)53-31-35-59(41-53,73-61)33-17-9-7-5-6-8-10-18-34-60-36-32-54(42-60)62(74-60,52-21-15-12-16-22-52)72-44-48-25-29-50(30-26-48)58(66)70-40-38-68-56(64)46(3)4/h11-16,19-32,35-36,53-54H,1,3,5-10,17-18,33-34,37-44H2,2,4H3. The molecule has 6 atom stereocenters. The van der Waals surface area contributed by atoms with E-state index in [1.807, 2.05) is 72.1 Å². The fourth-order valence-corrected chi connectivity index (χ4v) is 18.5. The van der Waals surface area contributed by atoms with E-state index in [-0.39, 0.29) is 44.1 Å². The van der Waals surface area contributed by atoms with Gasteiger partial charge < -0.3 is 18.9 Å². The number of unbranched alkanes of at least 4 members (excludes halogenated alkanes) is 7. The van der Waals surface area contributed by atoms with Crippen LogP contribution in [0.3, 0.4) is 0 Å². The first-order valence-corrected chi connectivity index (χ1v) is 29.8. The van der Waals surface area contributed by atoms with Gasteiger partial charge in [-0.25, -0.2) is 19.2 Å². The number of thioether (sulfide) groups is 4. The maximum absolute atomic E-state index is 12.7. The number of rotatable bonds is 29. The van der Waals surface area contributed by atoms with Crippen LogP contribution in [0.5, 0.6) is 0 Å². The molecule has 2 aliphatic carbocycles. The molecule has 2 heterocycles. The Balaban J connectivity index is 0.744. The van der Waals surface area contributed by atoms with E-state index in [2.05, 4.69) is 122 Å². The number of allylic oxidation sites excluding steroid dienone is 2. The van der Waals surface area contributed by atoms with Gasteiger partial charge >= 0.3 is 23.9 Å². The van der Waals surface area contributed by atoms with E-state index >= 15 is 0 Å². The number of carbonyl (C=O) groups is 4. The van der Waals surface area contributed by atoms with Crippen molar-refractivity contribution in [3.05, 3.63) is 191 Å². The van der Waals surface area contributed by atoms with Crippen LogP contribution in [-0.4, -0.2) is 59.8 Å². The van der Waals surface area contributed by atoms with Gasteiger partial charge in [-0.1, -0.05) is 174 Å². The van der Waals surface area contributed by atoms with Crippen LogP contribution in [0.4, 0.5) is 0 Å². The Morgan fingerprint density at radius 3 is 1.22 bits per heavy atom. The normalized spacial score (nSPS) is 23.9. The molecule has 4 aromatic rings. The number of esters is 4. The molecular weight excluding hydrogens is 1000 g/mol. The lowest BCUT2D eigenvalue weighted by molar-refractivity contribution is -0.140. The zero-order valence-electron chi connectivity index (χ0n) is 42.9. The van der Waals surface area contributed by atoms with Crippen molar-refractivity contribution >= 4 is 70.9 Å². The molecule has 0 radical (unpaired) electrons. The van der Waals surface area contributed by atoms with Crippen LogP contribution >= 0.6 is 47.0 Å². The lowest BCUT2D eigenvalue weighted by atomic mass is 9.92. The van der Waals surface area contributed by atoms with Crippen LogP contribution in [0, 0.1) is 11.8 Å². The van der Waals surface area contributed by atoms with Gasteiger partial charge in [0.2, 0.25) is 0 Å². The highest BCUT2D eigenvalue weighted by atomic mass is 32.2. The fraction of sp³-hybridized carbons (Fsp3) is 0.419. The molecule has 0 spiro atoms. The van der Waals surface area contributed by atoms with Crippen LogP contribution in [0.2, 0.25) is 0 Å². The van der Waals surface area contributed by atoms with E-state index in [0.29, 0.717) is 34.1 Å². The molecule has 12 heteroatoms. The predicted octanol–water partition coefficient (Wildman–Crippen LogP) is 15.1. The molecule has 4 aromatic carbocycles. The van der Waals surface area contributed by atoms with Gasteiger partial charge in [0.05, 0.1) is 19.3 Å². The Kier molecular flexibility index (Phi) is 19.3. The van der Waals surface area contributed by atoms with Crippen molar-refractivity contribution in [2.24, 2.45) is 11.8 Å². The molecule has 2 saturated heterocycles. The molecule has 0 aromatic heterocycles. The van der Waals surface area contributed by atoms with Crippen LogP contribution < -0.4 is 0 Å². The van der Waals surface area contributed by atoms with Gasteiger partial charge in [0, 0.05) is 44.0 Å². The van der Waals surface area contributed by atoms with Gasteiger partial charge in [-0.3, -0.25) is 0 Å². The number of hydrogen-bond acceptors (Lipinski definition) is 12. The molecule has 74 heavy (non-hydrogen) atoms. The zero-order valence-corrected chi connectivity index (χ0v) is 46.2. The predicted molar refractivity (Wildman–Crippen MR) is 305 cm³/mol. The van der Waals surface area contributed by atoms with Gasteiger partial charge in [0.1, 0.15) is 26.4 Å². The smallest absolute Gasteiger partial charge is 0.338 e. The van der Waals surface area contributed by atoms with Crippen LogP contribution in [-0.2, 0) is 48.2 Å². The largest absolute Gasteiger partial charge is 0.459 e. The van der Waals surface area contributed by atoms with Gasteiger partial charge in [-0.05, 0) is 86.1 Å². The summed E-state index contributed by atoms with van der Waals surface area (Å²) in [6.07, 6.45) is 25.1. The average molecular weight is 1070 g/mol. The quantitative estimate of drug-likeness (QED) is 0.0170. The van der Waals surface area contributed by atoms with Gasteiger partial charge in [0.25, 0.3) is 0 Å². The second-order valence-electron chi connectivity index (χ2n) is 20.1. The number of hydrogen-bond donors (Lipinski definition) is 0. The lowest BCUT2D eigenvalue weighted by Gasteiger charge is -2.37. The first kappa shape index (κ1) is 55.4. The summed E-state index contributed by atoms with van der Waals surface area (Å²) in [5.74, 6) is 0.726.